The highest BCUT2D eigenvalue weighted by atomic mass is 35.5. The van der Waals surface area contributed by atoms with Crippen molar-refractivity contribution in [2.24, 2.45) is 5.92 Å². The number of imide groups is 1. The summed E-state index contributed by atoms with van der Waals surface area (Å²) in [6.07, 6.45) is 3.50. The van der Waals surface area contributed by atoms with Crippen molar-refractivity contribution >= 4 is 40.7 Å². The van der Waals surface area contributed by atoms with Crippen LogP contribution in [0.5, 0.6) is 0 Å². The Labute approximate surface area is 175 Å². The topological polar surface area (TPSA) is 41.8 Å². The molecule has 6 heteroatoms. The van der Waals surface area contributed by atoms with Crippen LogP contribution in [0.1, 0.15) is 24.8 Å². The van der Waals surface area contributed by atoms with E-state index >= 15 is 0 Å². The maximum atomic E-state index is 13.0. The molecule has 2 saturated heterocycles. The highest BCUT2D eigenvalue weighted by Crippen LogP contribution is 2.30. The summed E-state index contributed by atoms with van der Waals surface area (Å²) in [6.45, 7) is 1.85. The van der Waals surface area contributed by atoms with Gasteiger partial charge in [-0.25, -0.2) is 4.90 Å². The molecule has 2 aromatic carbocycles. The molecule has 2 aromatic rings. The number of nitrogens with zero attached hydrogens (tertiary/aromatic N) is 1. The van der Waals surface area contributed by atoms with Crippen molar-refractivity contribution in [3.8, 4) is 0 Å². The average molecular weight is 418 g/mol. The average Bonchev–Trinajstić information content (AvgIpc) is 3.00. The minimum absolute atomic E-state index is 0.125. The number of halogens is 2. The summed E-state index contributed by atoms with van der Waals surface area (Å²) in [5.74, 6) is 0.358. The van der Waals surface area contributed by atoms with Crippen LogP contribution in [-0.2, 0) is 16.0 Å². The molecule has 2 aliphatic rings. The lowest BCUT2D eigenvalue weighted by Crippen LogP contribution is -3.17. The first-order chi connectivity index (χ1) is 13.5. The summed E-state index contributed by atoms with van der Waals surface area (Å²) in [7, 11) is 0. The van der Waals surface area contributed by atoms with Gasteiger partial charge in [0, 0.05) is 0 Å². The van der Waals surface area contributed by atoms with Crippen molar-refractivity contribution in [3.05, 3.63) is 64.1 Å². The number of likely N-dealkylation sites (tertiary alicyclic amines) is 1. The number of carbonyl (C=O) groups excluding carboxylic acids is 2. The number of benzene rings is 2. The Morgan fingerprint density at radius 3 is 2.36 bits per heavy atom. The van der Waals surface area contributed by atoms with E-state index in [4.69, 9.17) is 23.2 Å². The van der Waals surface area contributed by atoms with Crippen LogP contribution in [0.4, 0.5) is 5.69 Å². The quantitative estimate of drug-likeness (QED) is 0.776. The number of carbonyl (C=O) groups is 2. The molecular weight excluding hydrogens is 395 g/mol. The largest absolute Gasteiger partial charge is 0.324 e. The van der Waals surface area contributed by atoms with Gasteiger partial charge in [0.25, 0.3) is 5.91 Å². The third-order valence-electron chi connectivity index (χ3n) is 5.92. The first kappa shape index (κ1) is 19.4. The van der Waals surface area contributed by atoms with Crippen LogP contribution in [0.15, 0.2) is 48.5 Å². The molecule has 0 spiro atoms. The zero-order valence-corrected chi connectivity index (χ0v) is 17.0. The number of hydrogen-bond acceptors (Lipinski definition) is 2. The third kappa shape index (κ3) is 3.95. The number of anilines is 1. The van der Waals surface area contributed by atoms with E-state index < -0.39 is 0 Å². The molecule has 0 radical (unpaired) electrons. The van der Waals surface area contributed by atoms with Gasteiger partial charge in [0.15, 0.2) is 6.04 Å². The van der Waals surface area contributed by atoms with Gasteiger partial charge >= 0.3 is 0 Å². The summed E-state index contributed by atoms with van der Waals surface area (Å²) < 4.78 is 0. The van der Waals surface area contributed by atoms with Crippen molar-refractivity contribution in [2.45, 2.75) is 31.7 Å². The number of hydrogen-bond donors (Lipinski definition) is 1. The van der Waals surface area contributed by atoms with E-state index in [2.05, 4.69) is 24.3 Å². The lowest BCUT2D eigenvalue weighted by molar-refractivity contribution is -0.920. The molecule has 2 fully saturated rings. The molecule has 146 valence electrons. The van der Waals surface area contributed by atoms with Crippen LogP contribution in [0.3, 0.4) is 0 Å². The maximum Gasteiger partial charge on any atom is 0.292 e. The zero-order chi connectivity index (χ0) is 19.7. The summed E-state index contributed by atoms with van der Waals surface area (Å²) in [4.78, 5) is 28.0. The van der Waals surface area contributed by atoms with Gasteiger partial charge in [-0.1, -0.05) is 53.5 Å². The second-order valence-corrected chi connectivity index (χ2v) is 8.53. The van der Waals surface area contributed by atoms with Crippen LogP contribution in [-0.4, -0.2) is 30.9 Å². The molecule has 4 nitrogen and oxygen atoms in total. The zero-order valence-electron chi connectivity index (χ0n) is 15.5. The van der Waals surface area contributed by atoms with Gasteiger partial charge in [0.1, 0.15) is 0 Å². The summed E-state index contributed by atoms with van der Waals surface area (Å²) in [5, 5.41) is 0.754. The van der Waals surface area contributed by atoms with Crippen molar-refractivity contribution in [2.75, 3.05) is 18.0 Å². The number of amides is 2. The maximum absolute atomic E-state index is 13.0. The molecule has 2 heterocycles. The molecule has 2 aliphatic heterocycles. The summed E-state index contributed by atoms with van der Waals surface area (Å²) in [5.41, 5.74) is 1.87. The number of nitrogens with one attached hydrogen (secondary N) is 1. The molecule has 0 bridgehead atoms. The predicted molar refractivity (Wildman–Crippen MR) is 111 cm³/mol. The Hall–Kier alpha value is -1.88. The fourth-order valence-electron chi connectivity index (χ4n) is 4.39. The lowest BCUT2D eigenvalue weighted by atomic mass is 9.89. The van der Waals surface area contributed by atoms with E-state index in [1.165, 1.54) is 15.4 Å². The second-order valence-electron chi connectivity index (χ2n) is 7.71. The van der Waals surface area contributed by atoms with Crippen molar-refractivity contribution in [3.63, 3.8) is 0 Å². The van der Waals surface area contributed by atoms with Gasteiger partial charge in [0.05, 0.1) is 35.2 Å². The third-order valence-corrected chi connectivity index (χ3v) is 6.65. The molecule has 0 saturated carbocycles. The molecule has 1 atom stereocenters. The monoisotopic (exact) mass is 417 g/mol. The smallest absolute Gasteiger partial charge is 0.292 e. The molecule has 0 aromatic heterocycles. The van der Waals surface area contributed by atoms with Gasteiger partial charge in [-0.15, -0.1) is 0 Å². The van der Waals surface area contributed by atoms with Crippen molar-refractivity contribution < 1.29 is 14.5 Å². The Bertz CT molecular complexity index is 879. The van der Waals surface area contributed by atoms with Gasteiger partial charge in [-0.2, -0.15) is 0 Å². The minimum atomic E-state index is -0.292. The van der Waals surface area contributed by atoms with E-state index in [-0.39, 0.29) is 24.3 Å². The molecule has 0 aliphatic carbocycles. The SMILES string of the molecule is O=C1C[C@H]([NH+]2CCC(Cc3ccccc3)CC2)C(=O)N1c1ccc(Cl)c(Cl)c1. The minimum Gasteiger partial charge on any atom is -0.324 e. The Kier molecular flexibility index (Phi) is 5.72. The lowest BCUT2D eigenvalue weighted by Gasteiger charge is -2.32. The van der Waals surface area contributed by atoms with Gasteiger partial charge in [-0.3, -0.25) is 9.59 Å². The van der Waals surface area contributed by atoms with Crippen LogP contribution in [0, 0.1) is 5.92 Å². The predicted octanol–water partition coefficient (Wildman–Crippen LogP) is 3.16. The fraction of sp³-hybridized carbons (Fsp3) is 0.364. The highest BCUT2D eigenvalue weighted by molar-refractivity contribution is 6.42. The fourth-order valence-corrected chi connectivity index (χ4v) is 4.69. The highest BCUT2D eigenvalue weighted by Gasteiger charge is 2.46. The first-order valence-electron chi connectivity index (χ1n) is 9.73. The van der Waals surface area contributed by atoms with E-state index in [9.17, 15) is 9.59 Å². The van der Waals surface area contributed by atoms with E-state index in [1.807, 2.05) is 6.07 Å². The number of piperidine rings is 1. The summed E-state index contributed by atoms with van der Waals surface area (Å²) >= 11 is 12.0. The van der Waals surface area contributed by atoms with Crippen LogP contribution >= 0.6 is 23.2 Å². The molecule has 1 N–H and O–H groups in total. The van der Waals surface area contributed by atoms with Crippen molar-refractivity contribution in [1.82, 2.24) is 0 Å². The standard InChI is InChI=1S/C22H22Cl2N2O2/c23-18-7-6-17(13-19(18)24)26-21(27)14-20(22(26)28)25-10-8-16(9-11-25)12-15-4-2-1-3-5-15/h1-7,13,16,20H,8-12,14H2/p+1/t20-/m0/s1. The van der Waals surface area contributed by atoms with Crippen LogP contribution in [0.25, 0.3) is 0 Å². The molecule has 2 amide bonds. The van der Waals surface area contributed by atoms with E-state index in [1.54, 1.807) is 18.2 Å². The first-order valence-corrected chi connectivity index (χ1v) is 10.5. The molecule has 28 heavy (non-hydrogen) atoms. The summed E-state index contributed by atoms with van der Waals surface area (Å²) in [6, 6.07) is 15.1. The van der Waals surface area contributed by atoms with Crippen LogP contribution < -0.4 is 9.80 Å². The van der Waals surface area contributed by atoms with Gasteiger partial charge < -0.3 is 4.90 Å². The molecule has 4 rings (SSSR count). The van der Waals surface area contributed by atoms with E-state index in [0.717, 1.165) is 32.4 Å². The Morgan fingerprint density at radius 1 is 0.964 bits per heavy atom. The number of quaternary nitrogens is 1. The van der Waals surface area contributed by atoms with Crippen molar-refractivity contribution in [1.29, 1.82) is 0 Å². The Balaban J connectivity index is 1.40. The number of rotatable bonds is 4. The molecular formula is C22H23Cl2N2O2+. The molecule has 0 unspecified atom stereocenters. The normalized spacial score (nSPS) is 25.4. The Morgan fingerprint density at radius 2 is 1.68 bits per heavy atom. The second kappa shape index (κ2) is 8.24. The van der Waals surface area contributed by atoms with Gasteiger partial charge in [0.2, 0.25) is 5.91 Å². The van der Waals surface area contributed by atoms with Gasteiger partial charge in [-0.05, 0) is 48.9 Å². The van der Waals surface area contributed by atoms with Crippen LogP contribution in [0.2, 0.25) is 10.0 Å². The van der Waals surface area contributed by atoms with E-state index in [0.29, 0.717) is 21.7 Å².